The smallest absolute Gasteiger partial charge is 0.254 e. The van der Waals surface area contributed by atoms with Crippen molar-refractivity contribution in [1.82, 2.24) is 4.90 Å². The van der Waals surface area contributed by atoms with E-state index in [1.165, 1.54) is 0 Å². The summed E-state index contributed by atoms with van der Waals surface area (Å²) < 4.78 is 10.6. The van der Waals surface area contributed by atoms with Gasteiger partial charge in [0.25, 0.3) is 5.91 Å². The fraction of sp³-hybridized carbons (Fsp3) is 0.556. The Morgan fingerprint density at radius 3 is 2.23 bits per heavy atom. The van der Waals surface area contributed by atoms with E-state index in [9.17, 15) is 9.59 Å². The average Bonchev–Trinajstić information content (AvgIpc) is 2.68. The zero-order valence-corrected chi connectivity index (χ0v) is 15.5. The van der Waals surface area contributed by atoms with E-state index < -0.39 is 6.04 Å². The lowest BCUT2D eigenvalue weighted by atomic mass is 9.92. The normalized spacial score (nSPS) is 19.3. The minimum Gasteiger partial charge on any atom is -0.381 e. The summed E-state index contributed by atoms with van der Waals surface area (Å²) in [6, 6.07) is 6.39. The summed E-state index contributed by atoms with van der Waals surface area (Å²) in [6.07, 6.45) is 1.61. The number of rotatable bonds is 4. The molecule has 0 saturated carbocycles. The maximum Gasteiger partial charge on any atom is 0.254 e. The predicted molar refractivity (Wildman–Crippen MR) is 101 cm³/mol. The van der Waals surface area contributed by atoms with Gasteiger partial charge in [-0.3, -0.25) is 9.59 Å². The molecule has 0 spiro atoms. The molecular weight excluding hydrogens is 358 g/mol. The Labute approximate surface area is 159 Å². The number of hydrogen-bond acceptors (Lipinski definition) is 5. The van der Waals surface area contributed by atoms with E-state index >= 15 is 0 Å². The first-order valence-electron chi connectivity index (χ1n) is 8.76. The second-order valence-corrected chi connectivity index (χ2v) is 6.45. The highest BCUT2D eigenvalue weighted by atomic mass is 35.5. The number of benzene rings is 1. The fourth-order valence-corrected chi connectivity index (χ4v) is 3.16. The molecule has 1 aromatic rings. The van der Waals surface area contributed by atoms with Gasteiger partial charge in [-0.15, -0.1) is 12.4 Å². The second-order valence-electron chi connectivity index (χ2n) is 6.45. The van der Waals surface area contributed by atoms with Gasteiger partial charge in [-0.1, -0.05) is 0 Å². The number of nitrogens with zero attached hydrogens (tertiary/aromatic N) is 1. The Morgan fingerprint density at radius 1 is 1.04 bits per heavy atom. The van der Waals surface area contributed by atoms with Crippen molar-refractivity contribution in [2.75, 3.05) is 44.8 Å². The maximum atomic E-state index is 12.4. The van der Waals surface area contributed by atoms with Crippen LogP contribution in [0.2, 0.25) is 0 Å². The molecule has 2 aliphatic rings. The molecule has 2 amide bonds. The van der Waals surface area contributed by atoms with Crippen molar-refractivity contribution in [3.8, 4) is 0 Å². The van der Waals surface area contributed by atoms with Gasteiger partial charge < -0.3 is 25.4 Å². The lowest BCUT2D eigenvalue weighted by molar-refractivity contribution is -0.119. The maximum absolute atomic E-state index is 12.4. The van der Waals surface area contributed by atoms with Crippen LogP contribution in [0.1, 0.15) is 23.2 Å². The summed E-state index contributed by atoms with van der Waals surface area (Å²) >= 11 is 0. The van der Waals surface area contributed by atoms with Gasteiger partial charge in [0.05, 0.1) is 19.3 Å². The summed E-state index contributed by atoms with van der Waals surface area (Å²) in [4.78, 5) is 26.5. The summed E-state index contributed by atoms with van der Waals surface area (Å²) in [5, 5.41) is 2.84. The Hall–Kier alpha value is -1.67. The number of nitrogens with two attached hydrogens (primary N) is 1. The van der Waals surface area contributed by atoms with Crippen LogP contribution in [0.15, 0.2) is 24.3 Å². The third-order valence-corrected chi connectivity index (χ3v) is 4.77. The Bertz CT molecular complexity index is 599. The van der Waals surface area contributed by atoms with Gasteiger partial charge in [-0.05, 0) is 43.0 Å². The first-order chi connectivity index (χ1) is 12.1. The van der Waals surface area contributed by atoms with Crippen molar-refractivity contribution >= 4 is 29.9 Å². The lowest BCUT2D eigenvalue weighted by Gasteiger charge is -2.27. The quantitative estimate of drug-likeness (QED) is 0.816. The molecule has 2 aliphatic heterocycles. The Balaban J connectivity index is 0.00000243. The predicted octanol–water partition coefficient (Wildman–Crippen LogP) is 1.27. The molecule has 1 atom stereocenters. The van der Waals surface area contributed by atoms with Crippen LogP contribution < -0.4 is 11.1 Å². The number of morpholine rings is 1. The molecule has 1 unspecified atom stereocenters. The van der Waals surface area contributed by atoms with Crippen molar-refractivity contribution in [3.63, 3.8) is 0 Å². The zero-order chi connectivity index (χ0) is 17.6. The third-order valence-electron chi connectivity index (χ3n) is 4.77. The molecule has 26 heavy (non-hydrogen) atoms. The molecular formula is C18H26ClN3O4. The van der Waals surface area contributed by atoms with Crippen LogP contribution in [-0.2, 0) is 14.3 Å². The van der Waals surface area contributed by atoms with E-state index in [0.29, 0.717) is 50.8 Å². The van der Waals surface area contributed by atoms with Gasteiger partial charge in [-0.2, -0.15) is 0 Å². The summed E-state index contributed by atoms with van der Waals surface area (Å²) in [6.45, 7) is 3.68. The minimum absolute atomic E-state index is 0. The van der Waals surface area contributed by atoms with Gasteiger partial charge in [0.1, 0.15) is 0 Å². The van der Waals surface area contributed by atoms with Crippen LogP contribution in [0.5, 0.6) is 0 Å². The molecule has 0 aliphatic carbocycles. The van der Waals surface area contributed by atoms with Crippen molar-refractivity contribution < 1.29 is 19.1 Å². The van der Waals surface area contributed by atoms with Crippen LogP contribution in [0.4, 0.5) is 5.69 Å². The molecule has 0 aromatic heterocycles. The molecule has 0 bridgehead atoms. The first kappa shape index (κ1) is 20.6. The van der Waals surface area contributed by atoms with Crippen molar-refractivity contribution in [1.29, 1.82) is 0 Å². The van der Waals surface area contributed by atoms with Gasteiger partial charge in [0.15, 0.2) is 0 Å². The molecule has 7 nitrogen and oxygen atoms in total. The van der Waals surface area contributed by atoms with Crippen LogP contribution in [0.3, 0.4) is 0 Å². The fourth-order valence-electron chi connectivity index (χ4n) is 3.16. The van der Waals surface area contributed by atoms with Gasteiger partial charge >= 0.3 is 0 Å². The van der Waals surface area contributed by atoms with Crippen LogP contribution in [0, 0.1) is 5.92 Å². The Kier molecular flexibility index (Phi) is 7.84. The van der Waals surface area contributed by atoms with Gasteiger partial charge in [0, 0.05) is 37.6 Å². The number of amides is 2. The Morgan fingerprint density at radius 2 is 1.62 bits per heavy atom. The number of ether oxygens (including phenoxy) is 2. The van der Waals surface area contributed by atoms with E-state index in [4.69, 9.17) is 15.2 Å². The van der Waals surface area contributed by atoms with Crippen LogP contribution in [0.25, 0.3) is 0 Å². The van der Waals surface area contributed by atoms with Crippen LogP contribution >= 0.6 is 12.4 Å². The van der Waals surface area contributed by atoms with E-state index in [1.54, 1.807) is 29.2 Å². The molecule has 0 radical (unpaired) electrons. The highest BCUT2D eigenvalue weighted by Gasteiger charge is 2.26. The molecule has 1 aromatic carbocycles. The second kappa shape index (κ2) is 9.87. The molecule has 8 heteroatoms. The van der Waals surface area contributed by atoms with Crippen molar-refractivity contribution in [2.45, 2.75) is 18.9 Å². The van der Waals surface area contributed by atoms with Crippen LogP contribution in [-0.4, -0.2) is 62.3 Å². The number of halogens is 1. The van der Waals surface area contributed by atoms with E-state index in [1.807, 2.05) is 0 Å². The topological polar surface area (TPSA) is 93.9 Å². The first-order valence-corrected chi connectivity index (χ1v) is 8.76. The van der Waals surface area contributed by atoms with Crippen molar-refractivity contribution in [3.05, 3.63) is 29.8 Å². The monoisotopic (exact) mass is 383 g/mol. The lowest BCUT2D eigenvalue weighted by Crippen LogP contribution is -2.44. The molecule has 2 fully saturated rings. The number of hydrogen-bond donors (Lipinski definition) is 2. The number of carbonyl (C=O) groups is 2. The summed E-state index contributed by atoms with van der Waals surface area (Å²) in [5.41, 5.74) is 7.32. The number of anilines is 1. The van der Waals surface area contributed by atoms with Gasteiger partial charge in [-0.25, -0.2) is 0 Å². The molecule has 144 valence electrons. The molecule has 2 heterocycles. The number of nitrogens with one attached hydrogen (secondary N) is 1. The SMILES string of the molecule is Cl.NC(C(=O)Nc1ccc(C(=O)N2CCOCC2)cc1)C1CCOCC1. The minimum atomic E-state index is -0.543. The highest BCUT2D eigenvalue weighted by molar-refractivity contribution is 5.97. The summed E-state index contributed by atoms with van der Waals surface area (Å²) in [7, 11) is 0. The molecule has 2 saturated heterocycles. The van der Waals surface area contributed by atoms with E-state index in [2.05, 4.69) is 5.32 Å². The summed E-state index contributed by atoms with van der Waals surface area (Å²) in [5.74, 6) is -0.0600. The van der Waals surface area contributed by atoms with Gasteiger partial charge in [0.2, 0.25) is 5.91 Å². The molecule has 3 N–H and O–H groups in total. The van der Waals surface area contributed by atoms with E-state index in [0.717, 1.165) is 12.8 Å². The van der Waals surface area contributed by atoms with Crippen molar-refractivity contribution in [2.24, 2.45) is 11.7 Å². The largest absolute Gasteiger partial charge is 0.381 e. The standard InChI is InChI=1S/C18H25N3O4.ClH/c19-16(13-5-9-24-10-6-13)17(22)20-15-3-1-14(2-4-15)18(23)21-7-11-25-12-8-21;/h1-4,13,16H,5-12,19H2,(H,20,22);1H. The average molecular weight is 384 g/mol. The highest BCUT2D eigenvalue weighted by Crippen LogP contribution is 2.19. The third kappa shape index (κ3) is 5.17. The zero-order valence-electron chi connectivity index (χ0n) is 14.7. The molecule has 3 rings (SSSR count). The number of carbonyl (C=O) groups excluding carboxylic acids is 2. The van der Waals surface area contributed by atoms with E-state index in [-0.39, 0.29) is 30.1 Å².